The molecule has 0 aliphatic carbocycles. The number of amides is 1. The summed E-state index contributed by atoms with van der Waals surface area (Å²) in [5, 5.41) is 19.3. The lowest BCUT2D eigenvalue weighted by Gasteiger charge is -2.26. The summed E-state index contributed by atoms with van der Waals surface area (Å²) in [7, 11) is 0. The highest BCUT2D eigenvalue weighted by Gasteiger charge is 2.33. The molecule has 38 heavy (non-hydrogen) atoms. The van der Waals surface area contributed by atoms with Crippen molar-refractivity contribution in [3.05, 3.63) is 41.5 Å². The SMILES string of the molecule is CC(C)Oc1noc(-c2nnn(Cc3ccccc3)n2)c1CC(NC(=O)OC(C)(C)C)C(=O)OC(C)(C)C. The zero-order valence-corrected chi connectivity index (χ0v) is 23.1. The molecule has 2 heterocycles. The maximum atomic E-state index is 13.1. The molecule has 206 valence electrons. The Hall–Kier alpha value is -3.96. The molecule has 3 rings (SSSR count). The van der Waals surface area contributed by atoms with Crippen LogP contribution in [-0.2, 0) is 27.2 Å². The molecule has 0 bridgehead atoms. The van der Waals surface area contributed by atoms with E-state index in [4.69, 9.17) is 18.7 Å². The minimum atomic E-state index is -1.14. The third-order valence-corrected chi connectivity index (χ3v) is 4.71. The molecule has 0 aliphatic heterocycles. The van der Waals surface area contributed by atoms with Gasteiger partial charge in [0.15, 0.2) is 0 Å². The van der Waals surface area contributed by atoms with E-state index in [1.807, 2.05) is 44.2 Å². The van der Waals surface area contributed by atoms with Crippen molar-refractivity contribution >= 4 is 12.1 Å². The van der Waals surface area contributed by atoms with E-state index in [-0.39, 0.29) is 30.0 Å². The fraction of sp³-hybridized carbons (Fsp3) is 0.538. The Labute approximate surface area is 222 Å². The number of benzene rings is 1. The summed E-state index contributed by atoms with van der Waals surface area (Å²) in [5.41, 5.74) is -0.186. The maximum absolute atomic E-state index is 13.1. The summed E-state index contributed by atoms with van der Waals surface area (Å²) in [4.78, 5) is 27.2. The quantitative estimate of drug-likeness (QED) is 0.406. The average Bonchev–Trinajstić information content (AvgIpc) is 3.38. The number of carbonyl (C=O) groups is 2. The highest BCUT2D eigenvalue weighted by atomic mass is 16.6. The molecule has 0 saturated carbocycles. The number of nitrogens with one attached hydrogen (secondary N) is 1. The Kier molecular flexibility index (Phi) is 8.74. The number of aromatic nitrogens is 5. The molecule has 0 fully saturated rings. The van der Waals surface area contributed by atoms with Gasteiger partial charge in [0.25, 0.3) is 5.88 Å². The molecule has 1 atom stereocenters. The summed E-state index contributed by atoms with van der Waals surface area (Å²) in [6.45, 7) is 14.5. The fourth-order valence-corrected chi connectivity index (χ4v) is 3.33. The summed E-state index contributed by atoms with van der Waals surface area (Å²) in [6, 6.07) is 8.53. The van der Waals surface area contributed by atoms with Crippen LogP contribution in [0.25, 0.3) is 11.6 Å². The predicted octanol–water partition coefficient (Wildman–Crippen LogP) is 3.94. The molecule has 0 saturated heterocycles. The Balaban J connectivity index is 1.94. The molecule has 1 amide bonds. The van der Waals surface area contributed by atoms with Gasteiger partial charge in [-0.15, -0.1) is 10.2 Å². The molecule has 1 unspecified atom stereocenters. The van der Waals surface area contributed by atoms with Crippen LogP contribution in [0.4, 0.5) is 4.79 Å². The number of alkyl carbamates (subject to hydrolysis) is 1. The second-order valence-corrected chi connectivity index (χ2v) is 11.0. The van der Waals surface area contributed by atoms with Crippen LogP contribution in [0, 0.1) is 0 Å². The fourth-order valence-electron chi connectivity index (χ4n) is 3.33. The van der Waals surface area contributed by atoms with E-state index >= 15 is 0 Å². The van der Waals surface area contributed by atoms with Crippen LogP contribution in [0.15, 0.2) is 34.9 Å². The number of hydrogen-bond acceptors (Lipinski definition) is 10. The maximum Gasteiger partial charge on any atom is 0.408 e. The number of esters is 1. The largest absolute Gasteiger partial charge is 0.473 e. The van der Waals surface area contributed by atoms with Gasteiger partial charge in [0, 0.05) is 6.42 Å². The Morgan fingerprint density at radius 2 is 1.68 bits per heavy atom. The molecule has 3 aromatic rings. The lowest BCUT2D eigenvalue weighted by atomic mass is 10.1. The number of tetrazole rings is 1. The lowest BCUT2D eigenvalue weighted by Crippen LogP contribution is -2.47. The molecule has 1 aromatic carbocycles. The zero-order chi connectivity index (χ0) is 28.1. The predicted molar refractivity (Wildman–Crippen MR) is 137 cm³/mol. The molecule has 12 nitrogen and oxygen atoms in total. The van der Waals surface area contributed by atoms with Crippen molar-refractivity contribution in [3.8, 4) is 17.5 Å². The van der Waals surface area contributed by atoms with Crippen molar-refractivity contribution in [2.75, 3.05) is 0 Å². The highest BCUT2D eigenvalue weighted by Crippen LogP contribution is 2.31. The Morgan fingerprint density at radius 1 is 1.03 bits per heavy atom. The van der Waals surface area contributed by atoms with E-state index in [2.05, 4.69) is 25.9 Å². The number of hydrogen-bond donors (Lipinski definition) is 1. The van der Waals surface area contributed by atoms with Crippen LogP contribution in [0.3, 0.4) is 0 Å². The molecule has 0 aliphatic rings. The topological polar surface area (TPSA) is 143 Å². The molecule has 1 N–H and O–H groups in total. The first-order valence-electron chi connectivity index (χ1n) is 12.4. The number of carbonyl (C=O) groups excluding carboxylic acids is 2. The Morgan fingerprint density at radius 3 is 2.29 bits per heavy atom. The van der Waals surface area contributed by atoms with Gasteiger partial charge < -0.3 is 24.1 Å². The highest BCUT2D eigenvalue weighted by molar-refractivity contribution is 5.82. The van der Waals surface area contributed by atoms with E-state index < -0.39 is 29.3 Å². The van der Waals surface area contributed by atoms with Crippen molar-refractivity contribution in [1.82, 2.24) is 30.7 Å². The summed E-state index contributed by atoms with van der Waals surface area (Å²) < 4.78 is 22.3. The molecule has 0 spiro atoms. The van der Waals surface area contributed by atoms with Crippen molar-refractivity contribution in [1.29, 1.82) is 0 Å². The van der Waals surface area contributed by atoms with Gasteiger partial charge in [-0.3, -0.25) is 0 Å². The van der Waals surface area contributed by atoms with Crippen molar-refractivity contribution < 1.29 is 28.3 Å². The van der Waals surface area contributed by atoms with Crippen LogP contribution < -0.4 is 10.1 Å². The van der Waals surface area contributed by atoms with Gasteiger partial charge in [0.05, 0.1) is 18.2 Å². The van der Waals surface area contributed by atoms with E-state index in [0.29, 0.717) is 12.1 Å². The van der Waals surface area contributed by atoms with Crippen molar-refractivity contribution in [2.24, 2.45) is 0 Å². The van der Waals surface area contributed by atoms with Gasteiger partial charge in [-0.1, -0.05) is 30.3 Å². The van der Waals surface area contributed by atoms with Crippen LogP contribution in [0.1, 0.15) is 66.5 Å². The smallest absolute Gasteiger partial charge is 0.408 e. The summed E-state index contributed by atoms with van der Waals surface area (Å²) >= 11 is 0. The zero-order valence-electron chi connectivity index (χ0n) is 23.1. The third-order valence-electron chi connectivity index (χ3n) is 4.71. The monoisotopic (exact) mass is 528 g/mol. The van der Waals surface area contributed by atoms with Gasteiger partial charge in [-0.25, -0.2) is 9.59 Å². The van der Waals surface area contributed by atoms with Crippen LogP contribution in [-0.4, -0.2) is 60.8 Å². The third kappa shape index (κ3) is 8.56. The molecular formula is C26H36N6O6. The van der Waals surface area contributed by atoms with Gasteiger partial charge in [-0.2, -0.15) is 4.80 Å². The minimum Gasteiger partial charge on any atom is -0.473 e. The summed E-state index contributed by atoms with van der Waals surface area (Å²) in [6.07, 6.45) is -1.10. The van der Waals surface area contributed by atoms with Crippen molar-refractivity contribution in [2.45, 2.75) is 91.7 Å². The summed E-state index contributed by atoms with van der Waals surface area (Å²) in [5.74, 6) is -0.192. The lowest BCUT2D eigenvalue weighted by molar-refractivity contribution is -0.157. The number of rotatable bonds is 9. The van der Waals surface area contributed by atoms with Crippen molar-refractivity contribution in [3.63, 3.8) is 0 Å². The van der Waals surface area contributed by atoms with Gasteiger partial charge in [0.1, 0.15) is 17.2 Å². The number of nitrogens with zero attached hydrogens (tertiary/aromatic N) is 5. The van der Waals surface area contributed by atoms with Gasteiger partial charge >= 0.3 is 12.1 Å². The first-order valence-corrected chi connectivity index (χ1v) is 12.4. The van der Waals surface area contributed by atoms with E-state index in [1.165, 1.54) is 4.80 Å². The molecule has 2 aromatic heterocycles. The normalized spacial score (nSPS) is 12.8. The second-order valence-electron chi connectivity index (χ2n) is 11.0. The van der Waals surface area contributed by atoms with Gasteiger partial charge in [0.2, 0.25) is 11.6 Å². The molecular weight excluding hydrogens is 492 g/mol. The minimum absolute atomic E-state index is 0.0811. The van der Waals surface area contributed by atoms with Gasteiger partial charge in [-0.05, 0) is 71.3 Å². The van der Waals surface area contributed by atoms with Crippen LogP contribution in [0.5, 0.6) is 5.88 Å². The number of ether oxygens (including phenoxy) is 3. The van der Waals surface area contributed by atoms with E-state index in [1.54, 1.807) is 41.5 Å². The Bertz CT molecular complexity index is 1220. The average molecular weight is 529 g/mol. The molecule has 0 radical (unpaired) electrons. The molecule has 12 heteroatoms. The van der Waals surface area contributed by atoms with E-state index in [0.717, 1.165) is 5.56 Å². The standard InChI is InChI=1S/C26H36N6O6/c1-16(2)35-22-18(14-19(23(33)36-25(3,4)5)27-24(34)37-26(6,7)8)20(38-30-22)21-28-31-32(29-21)15-17-12-10-9-11-13-17/h9-13,16,19H,14-15H2,1-8H3,(H,27,34). The van der Waals surface area contributed by atoms with Crippen LogP contribution in [0.2, 0.25) is 0 Å². The first-order chi connectivity index (χ1) is 17.7. The second kappa shape index (κ2) is 11.6. The van der Waals surface area contributed by atoms with E-state index in [9.17, 15) is 9.59 Å². The first kappa shape index (κ1) is 28.6. The van der Waals surface area contributed by atoms with Crippen LogP contribution >= 0.6 is 0 Å².